The quantitative estimate of drug-likeness (QED) is 0.374. The number of carbonyl (C=O) groups is 2. The molecule has 8 heteroatoms. The van der Waals surface area contributed by atoms with Crippen LogP contribution >= 0.6 is 31.9 Å². The second-order valence-electron chi connectivity index (χ2n) is 8.55. The van der Waals surface area contributed by atoms with E-state index < -0.39 is 12.0 Å². The lowest BCUT2D eigenvalue weighted by Crippen LogP contribution is -2.48. The van der Waals surface area contributed by atoms with Gasteiger partial charge in [0.25, 0.3) is 0 Å². The Bertz CT molecular complexity index is 1200. The number of pyridine rings is 1. The molecule has 6 nitrogen and oxygen atoms in total. The summed E-state index contributed by atoms with van der Waals surface area (Å²) in [5.74, 6) is 0.159. The Hall–Kier alpha value is -2.71. The maximum atomic E-state index is 13.6. The van der Waals surface area contributed by atoms with Gasteiger partial charge in [-0.25, -0.2) is 0 Å². The van der Waals surface area contributed by atoms with E-state index in [1.54, 1.807) is 24.4 Å². The highest BCUT2D eigenvalue weighted by Crippen LogP contribution is 2.43. The molecule has 4 rings (SSSR count). The zero-order valence-electron chi connectivity index (χ0n) is 19.6. The monoisotopic (exact) mass is 599 g/mol. The number of anilines is 1. The van der Waals surface area contributed by atoms with Crippen molar-refractivity contribution < 1.29 is 14.3 Å². The standard InChI is InChI=1S/C27H27Br2N3O3/c1-17-7-9-18(10-8-17)32-25(33)12-11-21(26(32)20-5-3-4-6-24(20)35-2)27(34)31-14-13-19-22(28)15-30-16-23(19)29/h3-10,15-16,21,26H,11-14H2,1-2H3,(H,31,34). The van der Waals surface area contributed by atoms with Crippen molar-refractivity contribution >= 4 is 49.4 Å². The van der Waals surface area contributed by atoms with E-state index in [9.17, 15) is 9.59 Å². The maximum Gasteiger partial charge on any atom is 0.227 e. The van der Waals surface area contributed by atoms with Gasteiger partial charge in [-0.2, -0.15) is 0 Å². The Labute approximate surface area is 222 Å². The Morgan fingerprint density at radius 2 is 1.80 bits per heavy atom. The number of hydrogen-bond donors (Lipinski definition) is 1. The van der Waals surface area contributed by atoms with Crippen molar-refractivity contribution in [2.45, 2.75) is 32.2 Å². The highest BCUT2D eigenvalue weighted by atomic mass is 79.9. The predicted molar refractivity (Wildman–Crippen MR) is 143 cm³/mol. The van der Waals surface area contributed by atoms with Crippen LogP contribution in [0.5, 0.6) is 5.75 Å². The molecular weight excluding hydrogens is 574 g/mol. The average Bonchev–Trinajstić information content (AvgIpc) is 2.86. The van der Waals surface area contributed by atoms with Crippen molar-refractivity contribution in [1.82, 2.24) is 10.3 Å². The summed E-state index contributed by atoms with van der Waals surface area (Å²) in [6, 6.07) is 15.0. The predicted octanol–water partition coefficient (Wildman–Crippen LogP) is 5.77. The first-order valence-corrected chi connectivity index (χ1v) is 13.1. The molecule has 182 valence electrons. The fourth-order valence-electron chi connectivity index (χ4n) is 4.56. The highest BCUT2D eigenvalue weighted by molar-refractivity contribution is 9.11. The van der Waals surface area contributed by atoms with Crippen molar-refractivity contribution in [2.75, 3.05) is 18.6 Å². The van der Waals surface area contributed by atoms with Gasteiger partial charge in [0.05, 0.1) is 19.1 Å². The normalized spacial score (nSPS) is 17.8. The fourth-order valence-corrected chi connectivity index (χ4v) is 5.89. The number of benzene rings is 2. The first kappa shape index (κ1) is 25.4. The topological polar surface area (TPSA) is 71.5 Å². The largest absolute Gasteiger partial charge is 0.496 e. The molecule has 3 aromatic rings. The van der Waals surface area contributed by atoms with Crippen molar-refractivity contribution in [1.29, 1.82) is 0 Å². The molecule has 1 fully saturated rings. The van der Waals surface area contributed by atoms with Gasteiger partial charge in [0.2, 0.25) is 11.8 Å². The van der Waals surface area contributed by atoms with E-state index in [0.29, 0.717) is 31.6 Å². The van der Waals surface area contributed by atoms with Crippen LogP contribution in [-0.2, 0) is 16.0 Å². The Balaban J connectivity index is 1.64. The van der Waals surface area contributed by atoms with Crippen LogP contribution in [0.1, 0.15) is 35.6 Å². The zero-order chi connectivity index (χ0) is 24.9. The average molecular weight is 601 g/mol. The third-order valence-electron chi connectivity index (χ3n) is 6.33. The van der Waals surface area contributed by atoms with Crippen LogP contribution in [0, 0.1) is 12.8 Å². The van der Waals surface area contributed by atoms with Gasteiger partial charge in [-0.05, 0) is 75.4 Å². The van der Waals surface area contributed by atoms with Gasteiger partial charge in [-0.3, -0.25) is 14.6 Å². The van der Waals surface area contributed by atoms with Gasteiger partial charge in [0, 0.05) is 45.6 Å². The molecule has 1 saturated heterocycles. The van der Waals surface area contributed by atoms with E-state index >= 15 is 0 Å². The molecule has 0 aliphatic carbocycles. The van der Waals surface area contributed by atoms with Gasteiger partial charge in [-0.15, -0.1) is 0 Å². The van der Waals surface area contributed by atoms with E-state index in [1.165, 1.54) is 0 Å². The van der Waals surface area contributed by atoms with E-state index in [2.05, 4.69) is 42.2 Å². The minimum Gasteiger partial charge on any atom is -0.496 e. The van der Waals surface area contributed by atoms with E-state index in [-0.39, 0.29) is 11.8 Å². The number of para-hydroxylation sites is 1. The maximum absolute atomic E-state index is 13.6. The second kappa shape index (κ2) is 11.4. The number of aromatic nitrogens is 1. The number of nitrogens with one attached hydrogen (secondary N) is 1. The van der Waals surface area contributed by atoms with Crippen LogP contribution in [0.15, 0.2) is 69.9 Å². The summed E-state index contributed by atoms with van der Waals surface area (Å²) in [5, 5.41) is 3.11. The lowest BCUT2D eigenvalue weighted by molar-refractivity contribution is -0.129. The minimum atomic E-state index is -0.477. The van der Waals surface area contributed by atoms with Crippen molar-refractivity contribution in [3.63, 3.8) is 0 Å². The van der Waals surface area contributed by atoms with Crippen molar-refractivity contribution in [2.24, 2.45) is 5.92 Å². The van der Waals surface area contributed by atoms with Crippen LogP contribution in [-0.4, -0.2) is 30.5 Å². The molecule has 0 saturated carbocycles. The summed E-state index contributed by atoms with van der Waals surface area (Å²) in [6.45, 7) is 2.48. The molecule has 0 spiro atoms. The number of amides is 2. The third-order valence-corrected chi connectivity index (χ3v) is 7.70. The second-order valence-corrected chi connectivity index (χ2v) is 10.3. The van der Waals surface area contributed by atoms with Crippen LogP contribution in [0.2, 0.25) is 0 Å². The number of hydrogen-bond acceptors (Lipinski definition) is 4. The molecule has 2 amide bonds. The van der Waals surface area contributed by atoms with Gasteiger partial charge in [0.1, 0.15) is 5.75 Å². The van der Waals surface area contributed by atoms with Gasteiger partial charge in [-0.1, -0.05) is 35.9 Å². The summed E-state index contributed by atoms with van der Waals surface area (Å²) in [7, 11) is 1.61. The number of halogens is 2. The van der Waals surface area contributed by atoms with E-state index in [4.69, 9.17) is 4.74 Å². The molecule has 1 N–H and O–H groups in total. The van der Waals surface area contributed by atoms with Gasteiger partial charge < -0.3 is 15.0 Å². The van der Waals surface area contributed by atoms with Crippen molar-refractivity contribution in [3.05, 3.63) is 86.6 Å². The third kappa shape index (κ3) is 5.59. The number of piperidine rings is 1. The van der Waals surface area contributed by atoms with Crippen LogP contribution < -0.4 is 15.0 Å². The molecule has 0 bridgehead atoms. The number of aryl methyl sites for hydroxylation is 1. The lowest BCUT2D eigenvalue weighted by atomic mass is 9.82. The number of rotatable bonds is 7. The van der Waals surface area contributed by atoms with E-state index in [0.717, 1.165) is 31.3 Å². The Kier molecular flexibility index (Phi) is 8.23. The summed E-state index contributed by atoms with van der Waals surface area (Å²) >= 11 is 7.06. The first-order chi connectivity index (χ1) is 16.9. The van der Waals surface area contributed by atoms with Gasteiger partial charge in [0.15, 0.2) is 0 Å². The van der Waals surface area contributed by atoms with Crippen LogP contribution in [0.3, 0.4) is 0 Å². The number of nitrogens with zero attached hydrogens (tertiary/aromatic N) is 2. The molecule has 2 heterocycles. The summed E-state index contributed by atoms with van der Waals surface area (Å²) in [5.41, 5.74) is 3.75. The number of ether oxygens (including phenoxy) is 1. The SMILES string of the molecule is COc1ccccc1C1C(C(=O)NCCc2c(Br)cncc2Br)CCC(=O)N1c1ccc(C)cc1. The number of carbonyl (C=O) groups excluding carboxylic acids is 2. The van der Waals surface area contributed by atoms with Crippen LogP contribution in [0.25, 0.3) is 0 Å². The van der Waals surface area contributed by atoms with Crippen molar-refractivity contribution in [3.8, 4) is 5.75 Å². The van der Waals surface area contributed by atoms with E-state index in [1.807, 2.05) is 55.5 Å². The molecule has 2 atom stereocenters. The summed E-state index contributed by atoms with van der Waals surface area (Å²) in [6.07, 6.45) is 4.90. The smallest absolute Gasteiger partial charge is 0.227 e. The molecule has 1 aliphatic rings. The summed E-state index contributed by atoms with van der Waals surface area (Å²) < 4.78 is 7.43. The van der Waals surface area contributed by atoms with Gasteiger partial charge >= 0.3 is 0 Å². The molecule has 1 aliphatic heterocycles. The number of methoxy groups -OCH3 is 1. The summed E-state index contributed by atoms with van der Waals surface area (Å²) in [4.78, 5) is 32.7. The minimum absolute atomic E-state index is 0.00143. The molecule has 35 heavy (non-hydrogen) atoms. The highest BCUT2D eigenvalue weighted by Gasteiger charge is 2.42. The molecule has 0 radical (unpaired) electrons. The molecular formula is C27H27Br2N3O3. The first-order valence-electron chi connectivity index (χ1n) is 11.5. The molecule has 2 unspecified atom stereocenters. The Morgan fingerprint density at radius 1 is 1.11 bits per heavy atom. The molecule has 2 aromatic carbocycles. The zero-order valence-corrected chi connectivity index (χ0v) is 22.8. The fraction of sp³-hybridized carbons (Fsp3) is 0.296. The Morgan fingerprint density at radius 3 is 2.49 bits per heavy atom. The van der Waals surface area contributed by atoms with Crippen LogP contribution in [0.4, 0.5) is 5.69 Å². The molecule has 1 aromatic heterocycles. The lowest BCUT2D eigenvalue weighted by Gasteiger charge is -2.41.